The molecule has 0 aromatic carbocycles. The fraction of sp³-hybridized carbons (Fsp3) is 1.00. The Kier molecular flexibility index (Phi) is 4.02. The zero-order chi connectivity index (χ0) is 8.86. The van der Waals surface area contributed by atoms with E-state index >= 15 is 0 Å². The van der Waals surface area contributed by atoms with Gasteiger partial charge in [0.05, 0.1) is 19.8 Å². The normalized spacial score (nSPS) is 20.5. The average molecular weight is 172 g/mol. The van der Waals surface area contributed by atoms with Crippen LogP contribution in [0.15, 0.2) is 0 Å². The molecule has 1 aliphatic heterocycles. The van der Waals surface area contributed by atoms with Gasteiger partial charge in [0.15, 0.2) is 0 Å². The fourth-order valence-corrected chi connectivity index (χ4v) is 1.63. The van der Waals surface area contributed by atoms with Gasteiger partial charge in [0.25, 0.3) is 0 Å². The maximum atomic E-state index is 9.11. The first kappa shape index (κ1) is 10.0. The van der Waals surface area contributed by atoms with E-state index in [1.165, 1.54) is 25.7 Å². The van der Waals surface area contributed by atoms with Crippen molar-refractivity contribution in [3.05, 3.63) is 0 Å². The summed E-state index contributed by atoms with van der Waals surface area (Å²) in [5, 5.41) is 9.11. The van der Waals surface area contributed by atoms with Crippen LogP contribution in [0, 0.1) is 5.41 Å². The summed E-state index contributed by atoms with van der Waals surface area (Å²) in [6.07, 6.45) is 6.30. The number of rotatable bonds is 6. The van der Waals surface area contributed by atoms with Crippen LogP contribution in [0.4, 0.5) is 0 Å². The van der Waals surface area contributed by atoms with Gasteiger partial charge in [-0.15, -0.1) is 0 Å². The van der Waals surface area contributed by atoms with Crippen molar-refractivity contribution in [3.8, 4) is 0 Å². The van der Waals surface area contributed by atoms with Gasteiger partial charge in [-0.3, -0.25) is 0 Å². The largest absolute Gasteiger partial charge is 0.396 e. The molecule has 0 atom stereocenters. The van der Waals surface area contributed by atoms with Crippen molar-refractivity contribution in [1.82, 2.24) is 0 Å². The van der Waals surface area contributed by atoms with Crippen LogP contribution in [-0.2, 0) is 4.74 Å². The zero-order valence-corrected chi connectivity index (χ0v) is 8.01. The standard InChI is InChI=1S/C10H20O2/c1-2-3-4-5-6-10(7-11)8-12-9-10/h11H,2-9H2,1H3. The Balaban J connectivity index is 2.04. The van der Waals surface area contributed by atoms with Gasteiger partial charge in [0, 0.05) is 5.41 Å². The van der Waals surface area contributed by atoms with Crippen LogP contribution in [0.25, 0.3) is 0 Å². The molecular formula is C10H20O2. The van der Waals surface area contributed by atoms with Gasteiger partial charge >= 0.3 is 0 Å². The molecule has 0 radical (unpaired) electrons. The van der Waals surface area contributed by atoms with Crippen LogP contribution in [0.3, 0.4) is 0 Å². The maximum absolute atomic E-state index is 9.11. The molecule has 72 valence electrons. The molecule has 2 nitrogen and oxygen atoms in total. The van der Waals surface area contributed by atoms with Crippen LogP contribution in [0.5, 0.6) is 0 Å². The summed E-state index contributed by atoms with van der Waals surface area (Å²) in [6.45, 7) is 4.07. The van der Waals surface area contributed by atoms with Crippen LogP contribution in [0.1, 0.15) is 39.0 Å². The second kappa shape index (κ2) is 4.83. The minimum absolute atomic E-state index is 0.147. The van der Waals surface area contributed by atoms with Crippen molar-refractivity contribution in [1.29, 1.82) is 0 Å². The second-order valence-electron chi connectivity index (χ2n) is 3.96. The highest BCUT2D eigenvalue weighted by atomic mass is 16.5. The van der Waals surface area contributed by atoms with E-state index in [4.69, 9.17) is 9.84 Å². The fourth-order valence-electron chi connectivity index (χ4n) is 1.63. The molecule has 1 heterocycles. The Morgan fingerprint density at radius 1 is 1.25 bits per heavy atom. The predicted octanol–water partition coefficient (Wildman–Crippen LogP) is 1.97. The van der Waals surface area contributed by atoms with E-state index in [0.717, 1.165) is 19.6 Å². The lowest BCUT2D eigenvalue weighted by Gasteiger charge is -2.40. The van der Waals surface area contributed by atoms with Gasteiger partial charge in [-0.1, -0.05) is 32.6 Å². The summed E-state index contributed by atoms with van der Waals surface area (Å²) in [7, 11) is 0. The lowest BCUT2D eigenvalue weighted by molar-refractivity contribution is -0.141. The molecule has 0 aliphatic carbocycles. The third-order valence-electron chi connectivity index (χ3n) is 2.71. The molecule has 0 aromatic heterocycles. The smallest absolute Gasteiger partial charge is 0.0566 e. The number of ether oxygens (including phenoxy) is 1. The Morgan fingerprint density at radius 2 is 2.00 bits per heavy atom. The van der Waals surface area contributed by atoms with Gasteiger partial charge in [-0.25, -0.2) is 0 Å². The Hall–Kier alpha value is -0.0800. The van der Waals surface area contributed by atoms with Gasteiger partial charge in [-0.2, -0.15) is 0 Å². The average Bonchev–Trinajstić information content (AvgIpc) is 2.02. The van der Waals surface area contributed by atoms with E-state index in [-0.39, 0.29) is 5.41 Å². The van der Waals surface area contributed by atoms with E-state index in [1.807, 2.05) is 0 Å². The molecule has 1 N–H and O–H groups in total. The highest BCUT2D eigenvalue weighted by Crippen LogP contribution is 2.32. The molecular weight excluding hydrogens is 152 g/mol. The third-order valence-corrected chi connectivity index (χ3v) is 2.71. The van der Waals surface area contributed by atoms with E-state index < -0.39 is 0 Å². The molecule has 0 saturated carbocycles. The van der Waals surface area contributed by atoms with E-state index in [0.29, 0.717) is 6.61 Å². The van der Waals surface area contributed by atoms with Crippen molar-refractivity contribution >= 4 is 0 Å². The van der Waals surface area contributed by atoms with Crippen molar-refractivity contribution in [2.45, 2.75) is 39.0 Å². The topological polar surface area (TPSA) is 29.5 Å². The maximum Gasteiger partial charge on any atom is 0.0566 e. The molecule has 0 spiro atoms. The summed E-state index contributed by atoms with van der Waals surface area (Å²) in [4.78, 5) is 0. The summed E-state index contributed by atoms with van der Waals surface area (Å²) in [6, 6.07) is 0. The molecule has 0 aromatic rings. The van der Waals surface area contributed by atoms with Crippen molar-refractivity contribution in [2.24, 2.45) is 5.41 Å². The minimum atomic E-state index is 0.147. The molecule has 1 rings (SSSR count). The van der Waals surface area contributed by atoms with Crippen LogP contribution in [0.2, 0.25) is 0 Å². The molecule has 1 fully saturated rings. The van der Waals surface area contributed by atoms with Gasteiger partial charge in [0.1, 0.15) is 0 Å². The van der Waals surface area contributed by atoms with Crippen molar-refractivity contribution < 1.29 is 9.84 Å². The summed E-state index contributed by atoms with van der Waals surface area (Å²) in [5.74, 6) is 0. The monoisotopic (exact) mass is 172 g/mol. The molecule has 1 saturated heterocycles. The first-order valence-corrected chi connectivity index (χ1v) is 5.01. The SMILES string of the molecule is CCCCCCC1(CO)COC1. The van der Waals surface area contributed by atoms with E-state index in [1.54, 1.807) is 0 Å². The predicted molar refractivity (Wildman–Crippen MR) is 49.1 cm³/mol. The lowest BCUT2D eigenvalue weighted by Crippen LogP contribution is -2.45. The van der Waals surface area contributed by atoms with Gasteiger partial charge in [-0.05, 0) is 6.42 Å². The first-order valence-electron chi connectivity index (χ1n) is 5.01. The number of hydrogen-bond acceptors (Lipinski definition) is 2. The summed E-state index contributed by atoms with van der Waals surface area (Å²) >= 11 is 0. The zero-order valence-electron chi connectivity index (χ0n) is 8.01. The van der Waals surface area contributed by atoms with Crippen LogP contribution < -0.4 is 0 Å². The van der Waals surface area contributed by atoms with Crippen LogP contribution >= 0.6 is 0 Å². The van der Waals surface area contributed by atoms with E-state index in [9.17, 15) is 0 Å². The summed E-state index contributed by atoms with van der Waals surface area (Å²) < 4.78 is 5.13. The number of aliphatic hydroxyl groups is 1. The third kappa shape index (κ3) is 2.46. The molecule has 2 heteroatoms. The van der Waals surface area contributed by atoms with Crippen LogP contribution in [-0.4, -0.2) is 24.9 Å². The first-order chi connectivity index (χ1) is 5.83. The van der Waals surface area contributed by atoms with E-state index in [2.05, 4.69) is 6.92 Å². The Bertz CT molecular complexity index is 113. The minimum Gasteiger partial charge on any atom is -0.396 e. The van der Waals surface area contributed by atoms with Gasteiger partial charge in [0.2, 0.25) is 0 Å². The highest BCUT2D eigenvalue weighted by molar-refractivity contribution is 4.84. The lowest BCUT2D eigenvalue weighted by atomic mass is 9.81. The van der Waals surface area contributed by atoms with Gasteiger partial charge < -0.3 is 9.84 Å². The molecule has 1 aliphatic rings. The quantitative estimate of drug-likeness (QED) is 0.621. The molecule has 12 heavy (non-hydrogen) atoms. The molecule has 0 bridgehead atoms. The number of unbranched alkanes of at least 4 members (excludes halogenated alkanes) is 3. The number of hydrogen-bond donors (Lipinski definition) is 1. The number of aliphatic hydroxyl groups excluding tert-OH is 1. The summed E-state index contributed by atoms with van der Waals surface area (Å²) in [5.41, 5.74) is 0.147. The molecule has 0 unspecified atom stereocenters. The van der Waals surface area contributed by atoms with Crippen molar-refractivity contribution in [3.63, 3.8) is 0 Å². The highest BCUT2D eigenvalue weighted by Gasteiger charge is 2.36. The Labute approximate surface area is 74.9 Å². The Morgan fingerprint density at radius 3 is 2.42 bits per heavy atom. The second-order valence-corrected chi connectivity index (χ2v) is 3.96. The van der Waals surface area contributed by atoms with Crippen molar-refractivity contribution in [2.75, 3.05) is 19.8 Å². The molecule has 0 amide bonds.